The van der Waals surface area contributed by atoms with E-state index in [1.165, 1.54) is 12.5 Å². The number of hydrogen-bond acceptors (Lipinski definition) is 3. The monoisotopic (exact) mass is 234 g/mol. The Hall–Kier alpha value is -1.35. The summed E-state index contributed by atoms with van der Waals surface area (Å²) < 4.78 is 5.81. The topological polar surface area (TPSA) is 46.5 Å². The maximum absolute atomic E-state index is 11.3. The van der Waals surface area contributed by atoms with Gasteiger partial charge in [0.05, 0.1) is 0 Å². The van der Waals surface area contributed by atoms with Gasteiger partial charge in [0.1, 0.15) is 17.5 Å². The van der Waals surface area contributed by atoms with Crippen LogP contribution in [0.5, 0.6) is 5.75 Å². The molecule has 0 aromatic heterocycles. The van der Waals surface area contributed by atoms with E-state index >= 15 is 0 Å². The predicted molar refractivity (Wildman–Crippen MR) is 65.1 cm³/mol. The minimum Gasteiger partial charge on any atom is -0.490 e. The van der Waals surface area contributed by atoms with Crippen LogP contribution >= 0.6 is 0 Å². The highest BCUT2D eigenvalue weighted by molar-refractivity contribution is 5.84. The van der Waals surface area contributed by atoms with Gasteiger partial charge in [-0.25, -0.2) is 0 Å². The number of carbonyl (C=O) groups excluding carboxylic acids is 1. The van der Waals surface area contributed by atoms with Crippen LogP contribution in [0.1, 0.15) is 32.3 Å². The van der Waals surface area contributed by atoms with Gasteiger partial charge in [0, 0.05) is 6.42 Å². The first-order valence-electron chi connectivity index (χ1n) is 5.97. The number of aliphatic hydroxyl groups is 1. The van der Waals surface area contributed by atoms with Crippen molar-refractivity contribution in [3.63, 3.8) is 0 Å². The Balaban J connectivity index is 2.06. The van der Waals surface area contributed by atoms with Gasteiger partial charge in [0.25, 0.3) is 0 Å². The fraction of sp³-hybridized carbons (Fsp3) is 0.500. The largest absolute Gasteiger partial charge is 0.490 e. The van der Waals surface area contributed by atoms with Crippen molar-refractivity contribution >= 4 is 5.78 Å². The molecule has 0 saturated carbocycles. The first-order valence-corrected chi connectivity index (χ1v) is 5.97. The molecular weight excluding hydrogens is 216 g/mol. The second-order valence-corrected chi connectivity index (χ2v) is 4.92. The molecule has 2 unspecified atom stereocenters. The highest BCUT2D eigenvalue weighted by Gasteiger charge is 2.32. The van der Waals surface area contributed by atoms with E-state index in [1.807, 2.05) is 18.2 Å². The number of ketones is 1. The van der Waals surface area contributed by atoms with Gasteiger partial charge in [0.15, 0.2) is 5.78 Å². The molecule has 92 valence electrons. The van der Waals surface area contributed by atoms with Crippen molar-refractivity contribution in [3.05, 3.63) is 29.8 Å². The quantitative estimate of drug-likeness (QED) is 0.871. The molecule has 0 bridgehead atoms. The number of rotatable bonds is 3. The van der Waals surface area contributed by atoms with Gasteiger partial charge in [-0.15, -0.1) is 0 Å². The van der Waals surface area contributed by atoms with Crippen LogP contribution in [-0.4, -0.2) is 22.6 Å². The van der Waals surface area contributed by atoms with E-state index in [0.717, 1.165) is 18.6 Å². The summed E-state index contributed by atoms with van der Waals surface area (Å²) in [5, 5.41) is 9.96. The minimum atomic E-state index is -1.28. The maximum atomic E-state index is 11.3. The van der Waals surface area contributed by atoms with Crippen LogP contribution in [0.25, 0.3) is 0 Å². The fourth-order valence-electron chi connectivity index (χ4n) is 2.11. The predicted octanol–water partition coefficient (Wildman–Crippen LogP) is 2.11. The lowest BCUT2D eigenvalue weighted by atomic mass is 9.90. The summed E-state index contributed by atoms with van der Waals surface area (Å²) >= 11 is 0. The Kier molecular flexibility index (Phi) is 3.20. The highest BCUT2D eigenvalue weighted by atomic mass is 16.5. The fourth-order valence-corrected chi connectivity index (χ4v) is 2.11. The van der Waals surface area contributed by atoms with Gasteiger partial charge >= 0.3 is 0 Å². The summed E-state index contributed by atoms with van der Waals surface area (Å²) in [4.78, 5) is 11.3. The molecule has 1 aliphatic heterocycles. The molecule has 3 heteroatoms. The number of Topliss-reactive ketones (excluding diaryl/α,β-unsaturated/α-hetero) is 1. The second-order valence-electron chi connectivity index (χ2n) is 4.92. The van der Waals surface area contributed by atoms with Gasteiger partial charge < -0.3 is 9.84 Å². The maximum Gasteiger partial charge on any atom is 0.161 e. The third-order valence-corrected chi connectivity index (χ3v) is 3.39. The van der Waals surface area contributed by atoms with Gasteiger partial charge in [-0.3, -0.25) is 4.79 Å². The van der Waals surface area contributed by atoms with Crippen molar-refractivity contribution in [2.45, 2.75) is 44.8 Å². The number of para-hydroxylation sites is 1. The number of carbonyl (C=O) groups is 1. The Labute approximate surface area is 101 Å². The average molecular weight is 234 g/mol. The summed E-state index contributed by atoms with van der Waals surface area (Å²) in [5.41, 5.74) is -0.0806. The third-order valence-electron chi connectivity index (χ3n) is 3.39. The van der Waals surface area contributed by atoms with Gasteiger partial charge in [-0.05, 0) is 38.3 Å². The zero-order valence-electron chi connectivity index (χ0n) is 10.3. The summed E-state index contributed by atoms with van der Waals surface area (Å²) in [6.07, 6.45) is 2.06. The van der Waals surface area contributed by atoms with E-state index in [2.05, 4.69) is 6.07 Å². The zero-order chi connectivity index (χ0) is 12.5. The zero-order valence-corrected chi connectivity index (χ0v) is 10.3. The Morgan fingerprint density at radius 3 is 2.94 bits per heavy atom. The van der Waals surface area contributed by atoms with Crippen molar-refractivity contribution in [2.24, 2.45) is 0 Å². The van der Waals surface area contributed by atoms with Crippen LogP contribution < -0.4 is 4.74 Å². The van der Waals surface area contributed by atoms with Crippen LogP contribution in [0.15, 0.2) is 24.3 Å². The lowest BCUT2D eigenvalue weighted by Gasteiger charge is -2.30. The molecule has 1 N–H and O–H groups in total. The first-order chi connectivity index (χ1) is 7.99. The molecule has 1 aromatic rings. The summed E-state index contributed by atoms with van der Waals surface area (Å²) in [6.45, 7) is 2.97. The normalized spacial score (nSPS) is 22.2. The average Bonchev–Trinajstić information content (AvgIpc) is 2.28. The smallest absolute Gasteiger partial charge is 0.161 e. The molecule has 17 heavy (non-hydrogen) atoms. The molecule has 0 saturated heterocycles. The van der Waals surface area contributed by atoms with Gasteiger partial charge in [-0.1, -0.05) is 18.2 Å². The second kappa shape index (κ2) is 4.49. The lowest BCUT2D eigenvalue weighted by molar-refractivity contribution is -0.136. The number of fused-ring (bicyclic) bond motifs is 1. The van der Waals surface area contributed by atoms with E-state index in [4.69, 9.17) is 4.74 Å². The lowest BCUT2D eigenvalue weighted by Crippen LogP contribution is -2.40. The summed E-state index contributed by atoms with van der Waals surface area (Å²) in [6, 6.07) is 7.91. The number of ether oxygens (including phenoxy) is 1. The molecule has 1 heterocycles. The van der Waals surface area contributed by atoms with Crippen LogP contribution in [-0.2, 0) is 11.2 Å². The van der Waals surface area contributed by atoms with Crippen LogP contribution in [0.3, 0.4) is 0 Å². The van der Waals surface area contributed by atoms with Crippen molar-refractivity contribution < 1.29 is 14.6 Å². The summed E-state index contributed by atoms with van der Waals surface area (Å²) in [7, 11) is 0. The van der Waals surface area contributed by atoms with Crippen molar-refractivity contribution in [3.8, 4) is 5.75 Å². The first kappa shape index (κ1) is 12.1. The molecule has 2 rings (SSSR count). The molecule has 0 fully saturated rings. The molecule has 3 nitrogen and oxygen atoms in total. The molecule has 0 amide bonds. The minimum absolute atomic E-state index is 0.0798. The summed E-state index contributed by atoms with van der Waals surface area (Å²) in [5.74, 6) is 0.670. The molecule has 0 spiro atoms. The standard InChI is InChI=1S/C14H18O3/c1-10(15)14(2,16)9-12-8-7-11-5-3-4-6-13(11)17-12/h3-6,12,16H,7-9H2,1-2H3. The third kappa shape index (κ3) is 2.67. The Morgan fingerprint density at radius 1 is 1.53 bits per heavy atom. The van der Waals surface area contributed by atoms with E-state index < -0.39 is 5.60 Å². The Bertz CT molecular complexity index is 423. The number of hydrogen-bond donors (Lipinski definition) is 1. The molecule has 1 aliphatic rings. The number of aryl methyl sites for hydroxylation is 1. The van der Waals surface area contributed by atoms with Crippen LogP contribution in [0.2, 0.25) is 0 Å². The van der Waals surface area contributed by atoms with E-state index in [0.29, 0.717) is 6.42 Å². The van der Waals surface area contributed by atoms with Crippen molar-refractivity contribution in [1.82, 2.24) is 0 Å². The number of benzene rings is 1. The van der Waals surface area contributed by atoms with Crippen LogP contribution in [0.4, 0.5) is 0 Å². The molecule has 0 aliphatic carbocycles. The molecule has 1 aromatic carbocycles. The van der Waals surface area contributed by atoms with Gasteiger partial charge in [-0.2, -0.15) is 0 Å². The molecule has 2 atom stereocenters. The van der Waals surface area contributed by atoms with Crippen molar-refractivity contribution in [1.29, 1.82) is 0 Å². The molecular formula is C14H18O3. The van der Waals surface area contributed by atoms with Crippen LogP contribution in [0, 0.1) is 0 Å². The SMILES string of the molecule is CC(=O)C(C)(O)CC1CCc2ccccc2O1. The van der Waals surface area contributed by atoms with Crippen molar-refractivity contribution in [2.75, 3.05) is 0 Å². The highest BCUT2D eigenvalue weighted by Crippen LogP contribution is 2.30. The van der Waals surface area contributed by atoms with E-state index in [1.54, 1.807) is 6.92 Å². The van der Waals surface area contributed by atoms with E-state index in [-0.39, 0.29) is 11.9 Å². The molecule has 0 radical (unpaired) electrons. The van der Waals surface area contributed by atoms with Gasteiger partial charge in [0.2, 0.25) is 0 Å². The van der Waals surface area contributed by atoms with E-state index in [9.17, 15) is 9.90 Å². The Morgan fingerprint density at radius 2 is 2.24 bits per heavy atom.